The Bertz CT molecular complexity index is 993. The van der Waals surface area contributed by atoms with Crippen LogP contribution in [0.1, 0.15) is 49.5 Å². The Balaban J connectivity index is 1.87. The molecule has 0 radical (unpaired) electrons. The van der Waals surface area contributed by atoms with Gasteiger partial charge in [-0.3, -0.25) is 9.98 Å². The summed E-state index contributed by atoms with van der Waals surface area (Å²) in [5.74, 6) is 0.989. The molecule has 1 saturated carbocycles. The fourth-order valence-electron chi connectivity index (χ4n) is 3.60. The maximum absolute atomic E-state index is 12.2. The van der Waals surface area contributed by atoms with Crippen molar-refractivity contribution in [2.75, 3.05) is 7.11 Å². The van der Waals surface area contributed by atoms with Crippen LogP contribution in [0, 0.1) is 6.92 Å². The molecule has 1 fully saturated rings. The summed E-state index contributed by atoms with van der Waals surface area (Å²) in [6.45, 7) is 3.31. The summed E-state index contributed by atoms with van der Waals surface area (Å²) in [5.41, 5.74) is 0.508. The number of aryl methyl sites for hydroxylation is 1. The molecular formula is C22H26N2O5. The van der Waals surface area contributed by atoms with Crippen LogP contribution < -0.4 is 10.4 Å². The smallest absolute Gasteiger partial charge is 0.348 e. The highest BCUT2D eigenvalue weighted by molar-refractivity contribution is 6.00. The number of phenolic OH excluding ortho intramolecular Hbond substituents is 1. The topological polar surface area (TPSA) is 105 Å². The Morgan fingerprint density at radius 3 is 2.59 bits per heavy atom. The van der Waals surface area contributed by atoms with Crippen molar-refractivity contribution in [3.63, 3.8) is 0 Å². The lowest BCUT2D eigenvalue weighted by Crippen LogP contribution is -2.28. The van der Waals surface area contributed by atoms with Crippen LogP contribution in [0.4, 0.5) is 0 Å². The second-order valence-corrected chi connectivity index (χ2v) is 7.24. The lowest BCUT2D eigenvalue weighted by atomic mass is 9.91. The van der Waals surface area contributed by atoms with Crippen LogP contribution in [0.5, 0.6) is 17.2 Å². The van der Waals surface area contributed by atoms with Crippen molar-refractivity contribution in [2.45, 2.75) is 51.6 Å². The summed E-state index contributed by atoms with van der Waals surface area (Å²) in [6.07, 6.45) is 5.39. The SMILES string of the molecule is COc1ccc(O)c(C=N[C@@H]2CCCC[C@H]2N=C(C)c2c(O)cc(C)oc2=O)c1. The molecule has 1 aromatic heterocycles. The number of aliphatic imine (C=N–C) groups is 2. The first-order valence-electron chi connectivity index (χ1n) is 9.67. The molecule has 1 aromatic carbocycles. The Morgan fingerprint density at radius 2 is 1.90 bits per heavy atom. The van der Waals surface area contributed by atoms with E-state index in [2.05, 4.69) is 4.99 Å². The molecule has 154 valence electrons. The number of phenols is 1. The molecule has 0 bridgehead atoms. The molecule has 0 unspecified atom stereocenters. The van der Waals surface area contributed by atoms with E-state index < -0.39 is 5.63 Å². The normalized spacial score (nSPS) is 20.2. The number of hydrogen-bond acceptors (Lipinski definition) is 7. The number of aromatic hydroxyl groups is 2. The van der Waals surface area contributed by atoms with E-state index >= 15 is 0 Å². The molecule has 1 heterocycles. The first kappa shape index (κ1) is 20.6. The Labute approximate surface area is 169 Å². The highest BCUT2D eigenvalue weighted by Gasteiger charge is 2.25. The van der Waals surface area contributed by atoms with Gasteiger partial charge >= 0.3 is 5.63 Å². The summed E-state index contributed by atoms with van der Waals surface area (Å²) in [5, 5.41) is 20.2. The van der Waals surface area contributed by atoms with Gasteiger partial charge in [0.25, 0.3) is 0 Å². The zero-order valence-corrected chi connectivity index (χ0v) is 16.9. The lowest BCUT2D eigenvalue weighted by molar-refractivity contribution is 0.388. The third kappa shape index (κ3) is 4.85. The molecule has 1 aliphatic rings. The first-order chi connectivity index (χ1) is 13.9. The van der Waals surface area contributed by atoms with Crippen molar-refractivity contribution in [2.24, 2.45) is 9.98 Å². The lowest BCUT2D eigenvalue weighted by Gasteiger charge is -2.26. The van der Waals surface area contributed by atoms with Crippen molar-refractivity contribution in [1.82, 2.24) is 0 Å². The van der Waals surface area contributed by atoms with E-state index in [1.54, 1.807) is 45.4 Å². The highest BCUT2D eigenvalue weighted by Crippen LogP contribution is 2.27. The number of rotatable bonds is 5. The Kier molecular flexibility index (Phi) is 6.36. The van der Waals surface area contributed by atoms with E-state index in [0.29, 0.717) is 22.8 Å². The van der Waals surface area contributed by atoms with Gasteiger partial charge in [-0.2, -0.15) is 0 Å². The van der Waals surface area contributed by atoms with Crippen LogP contribution in [0.3, 0.4) is 0 Å². The minimum Gasteiger partial charge on any atom is -0.507 e. The molecule has 3 rings (SSSR count). The summed E-state index contributed by atoms with van der Waals surface area (Å²) < 4.78 is 10.3. The summed E-state index contributed by atoms with van der Waals surface area (Å²) in [6, 6.07) is 6.19. The Morgan fingerprint density at radius 1 is 1.17 bits per heavy atom. The van der Waals surface area contributed by atoms with E-state index in [1.807, 2.05) is 0 Å². The van der Waals surface area contributed by atoms with E-state index in [-0.39, 0.29) is 29.1 Å². The third-order valence-electron chi connectivity index (χ3n) is 5.11. The van der Waals surface area contributed by atoms with Crippen molar-refractivity contribution in [3.8, 4) is 17.2 Å². The zero-order valence-electron chi connectivity index (χ0n) is 16.9. The van der Waals surface area contributed by atoms with Gasteiger partial charge in [0.1, 0.15) is 28.6 Å². The number of hydrogen-bond donors (Lipinski definition) is 2. The maximum Gasteiger partial charge on any atom is 0.348 e. The van der Waals surface area contributed by atoms with Crippen LogP contribution in [0.2, 0.25) is 0 Å². The largest absolute Gasteiger partial charge is 0.507 e. The molecule has 29 heavy (non-hydrogen) atoms. The number of ether oxygens (including phenoxy) is 1. The monoisotopic (exact) mass is 398 g/mol. The van der Waals surface area contributed by atoms with Gasteiger partial charge in [0.2, 0.25) is 0 Å². The van der Waals surface area contributed by atoms with Crippen LogP contribution in [0.15, 0.2) is 43.5 Å². The second-order valence-electron chi connectivity index (χ2n) is 7.24. The number of nitrogens with zero attached hydrogens (tertiary/aromatic N) is 2. The molecule has 0 aliphatic heterocycles. The molecule has 0 spiro atoms. The predicted octanol–water partition coefficient (Wildman–Crippen LogP) is 3.61. The number of methoxy groups -OCH3 is 1. The van der Waals surface area contributed by atoms with Gasteiger partial charge in [0, 0.05) is 17.8 Å². The van der Waals surface area contributed by atoms with Gasteiger partial charge in [-0.25, -0.2) is 4.79 Å². The fraction of sp³-hybridized carbons (Fsp3) is 0.409. The third-order valence-corrected chi connectivity index (χ3v) is 5.11. The van der Waals surface area contributed by atoms with E-state index in [0.717, 1.165) is 25.7 Å². The van der Waals surface area contributed by atoms with Crippen molar-refractivity contribution in [3.05, 3.63) is 51.6 Å². The average molecular weight is 398 g/mol. The molecule has 7 nitrogen and oxygen atoms in total. The van der Waals surface area contributed by atoms with Gasteiger partial charge in [0.15, 0.2) is 0 Å². The molecule has 1 aliphatic carbocycles. The van der Waals surface area contributed by atoms with Gasteiger partial charge in [-0.1, -0.05) is 12.8 Å². The van der Waals surface area contributed by atoms with Crippen LogP contribution in [-0.2, 0) is 0 Å². The summed E-state index contributed by atoms with van der Waals surface area (Å²) in [7, 11) is 1.57. The zero-order chi connectivity index (χ0) is 21.0. The van der Waals surface area contributed by atoms with Crippen LogP contribution in [-0.4, -0.2) is 41.3 Å². The van der Waals surface area contributed by atoms with Gasteiger partial charge in [0.05, 0.1) is 24.9 Å². The van der Waals surface area contributed by atoms with Crippen LogP contribution in [0.25, 0.3) is 0 Å². The van der Waals surface area contributed by atoms with Gasteiger partial charge < -0.3 is 19.4 Å². The minimum absolute atomic E-state index is 0.0797. The second kappa shape index (κ2) is 8.94. The van der Waals surface area contributed by atoms with Crippen LogP contribution >= 0.6 is 0 Å². The maximum atomic E-state index is 12.2. The first-order valence-corrected chi connectivity index (χ1v) is 9.67. The average Bonchev–Trinajstić information content (AvgIpc) is 2.67. The molecule has 7 heteroatoms. The molecule has 2 aromatic rings. The van der Waals surface area contributed by atoms with Crippen molar-refractivity contribution in [1.29, 1.82) is 0 Å². The molecule has 0 saturated heterocycles. The fourth-order valence-corrected chi connectivity index (χ4v) is 3.60. The standard InChI is InChI=1S/C22H26N2O5/c1-13-10-20(26)21(22(27)29-13)14(2)24-18-7-5-4-6-17(18)23-12-15-11-16(28-3)8-9-19(15)25/h8-12,17-18,25-26H,4-7H2,1-3H3/t17-,18-/m1/s1. The quantitative estimate of drug-likeness (QED) is 0.749. The van der Waals surface area contributed by atoms with Crippen molar-refractivity contribution < 1.29 is 19.4 Å². The summed E-state index contributed by atoms with van der Waals surface area (Å²) >= 11 is 0. The van der Waals surface area contributed by atoms with E-state index in [1.165, 1.54) is 6.07 Å². The summed E-state index contributed by atoms with van der Waals surface area (Å²) in [4.78, 5) is 21.5. The van der Waals surface area contributed by atoms with Gasteiger partial charge in [-0.15, -0.1) is 0 Å². The highest BCUT2D eigenvalue weighted by atomic mass is 16.5. The number of benzene rings is 1. The van der Waals surface area contributed by atoms with Gasteiger partial charge in [-0.05, 0) is 44.9 Å². The van der Waals surface area contributed by atoms with E-state index in [4.69, 9.17) is 14.1 Å². The molecular weight excluding hydrogens is 372 g/mol. The van der Waals surface area contributed by atoms with E-state index in [9.17, 15) is 15.0 Å². The Hall–Kier alpha value is -3.09. The minimum atomic E-state index is -0.596. The predicted molar refractivity (Wildman–Crippen MR) is 112 cm³/mol. The molecule has 2 N–H and O–H groups in total. The van der Waals surface area contributed by atoms with Crippen molar-refractivity contribution >= 4 is 11.9 Å². The molecule has 2 atom stereocenters. The molecule has 0 amide bonds.